The van der Waals surface area contributed by atoms with Crippen LogP contribution in [-0.4, -0.2) is 11.7 Å². The van der Waals surface area contributed by atoms with Gasteiger partial charge in [0.2, 0.25) is 0 Å². The van der Waals surface area contributed by atoms with Gasteiger partial charge in [-0.05, 0) is 30.7 Å². The molecule has 0 amide bonds. The molecule has 8 heteroatoms. The maximum atomic E-state index is 12.7. The minimum Gasteiger partial charge on any atom is -0.459 e. The predicted octanol–water partition coefficient (Wildman–Crippen LogP) is 4.65. The third-order valence-corrected chi connectivity index (χ3v) is 3.64. The molecule has 0 radical (unpaired) electrons. The lowest BCUT2D eigenvalue weighted by Gasteiger charge is -2.11. The fourth-order valence-corrected chi connectivity index (χ4v) is 2.61. The van der Waals surface area contributed by atoms with Crippen LogP contribution in [-0.2, 0) is 6.18 Å². The van der Waals surface area contributed by atoms with E-state index in [2.05, 4.69) is 0 Å². The van der Waals surface area contributed by atoms with E-state index in [0.29, 0.717) is 12.2 Å². The Morgan fingerprint density at radius 2 is 1.77 bits per heavy atom. The number of aliphatic hydroxyl groups excluding tert-OH is 1. The van der Waals surface area contributed by atoms with Gasteiger partial charge in [0, 0.05) is 6.61 Å². The van der Waals surface area contributed by atoms with Crippen LogP contribution in [0.1, 0.15) is 23.8 Å². The zero-order valence-corrected chi connectivity index (χ0v) is 12.6. The van der Waals surface area contributed by atoms with Gasteiger partial charge in [0.05, 0.1) is 27.2 Å². The molecular weight excluding hydrogens is 342 g/mol. The second kappa shape index (κ2) is 6.50. The average Bonchev–Trinajstić information content (AvgIpc) is 2.86. The number of hydrogen-bond donors (Lipinski definition) is 2. The predicted molar refractivity (Wildman–Crippen MR) is 77.8 cm³/mol. The largest absolute Gasteiger partial charge is 0.459 e. The third kappa shape index (κ3) is 3.57. The Bertz CT molecular complexity index is 647. The summed E-state index contributed by atoms with van der Waals surface area (Å²) in [5.41, 5.74) is 5.02. The van der Waals surface area contributed by atoms with Crippen LogP contribution in [0.2, 0.25) is 10.0 Å². The number of furan rings is 1. The first-order valence-electron chi connectivity index (χ1n) is 6.27. The summed E-state index contributed by atoms with van der Waals surface area (Å²) in [5.74, 6) is 0.600. The smallest absolute Gasteiger partial charge is 0.416 e. The van der Waals surface area contributed by atoms with Gasteiger partial charge in [-0.1, -0.05) is 23.2 Å². The molecule has 0 saturated carbocycles. The maximum Gasteiger partial charge on any atom is 0.416 e. The zero-order chi connectivity index (χ0) is 16.5. The molecule has 3 nitrogen and oxygen atoms in total. The second-order valence-electron chi connectivity index (χ2n) is 4.63. The van der Waals surface area contributed by atoms with Gasteiger partial charge in [0.25, 0.3) is 0 Å². The Balaban J connectivity index is 2.42. The van der Waals surface area contributed by atoms with Gasteiger partial charge in [-0.25, -0.2) is 0 Å². The summed E-state index contributed by atoms with van der Waals surface area (Å²) < 4.78 is 43.6. The highest BCUT2D eigenvalue weighted by molar-refractivity contribution is 6.39. The fraction of sp³-hybridized carbons (Fsp3) is 0.286. The molecule has 1 heterocycles. The molecule has 22 heavy (non-hydrogen) atoms. The van der Waals surface area contributed by atoms with Crippen molar-refractivity contribution >= 4 is 23.2 Å². The molecule has 1 atom stereocenters. The highest BCUT2D eigenvalue weighted by Crippen LogP contribution is 2.41. The summed E-state index contributed by atoms with van der Waals surface area (Å²) in [4.78, 5) is 0. The van der Waals surface area contributed by atoms with Crippen LogP contribution in [0.25, 0.3) is 11.3 Å². The highest BCUT2D eigenvalue weighted by Gasteiger charge is 2.32. The van der Waals surface area contributed by atoms with E-state index in [1.165, 1.54) is 6.07 Å². The lowest BCUT2D eigenvalue weighted by molar-refractivity contribution is -0.137. The van der Waals surface area contributed by atoms with E-state index in [4.69, 9.17) is 38.5 Å². The molecule has 0 spiro atoms. The van der Waals surface area contributed by atoms with Gasteiger partial charge in [-0.2, -0.15) is 13.2 Å². The molecule has 2 rings (SSSR count). The quantitative estimate of drug-likeness (QED) is 0.840. The molecule has 3 N–H and O–H groups in total. The molecule has 120 valence electrons. The molecule has 2 aromatic rings. The van der Waals surface area contributed by atoms with Crippen LogP contribution in [0, 0.1) is 0 Å². The molecule has 0 bridgehead atoms. The number of rotatable bonds is 4. The highest BCUT2D eigenvalue weighted by atomic mass is 35.5. The summed E-state index contributed by atoms with van der Waals surface area (Å²) in [5, 5.41) is 8.51. The second-order valence-corrected chi connectivity index (χ2v) is 5.45. The number of alkyl halides is 3. The van der Waals surface area contributed by atoms with Crippen molar-refractivity contribution in [3.05, 3.63) is 45.6 Å². The Hall–Kier alpha value is -1.21. The van der Waals surface area contributed by atoms with Crippen LogP contribution in [0.15, 0.2) is 28.7 Å². The van der Waals surface area contributed by atoms with Crippen molar-refractivity contribution in [2.75, 3.05) is 6.61 Å². The number of benzene rings is 1. The maximum absolute atomic E-state index is 12.7. The summed E-state index contributed by atoms with van der Waals surface area (Å²) in [6, 6.07) is 4.15. The lowest BCUT2D eigenvalue weighted by Crippen LogP contribution is -2.10. The number of hydrogen-bond acceptors (Lipinski definition) is 3. The van der Waals surface area contributed by atoms with Crippen LogP contribution in [0.5, 0.6) is 0 Å². The molecule has 1 aromatic heterocycles. The Morgan fingerprint density at radius 3 is 2.27 bits per heavy atom. The molecule has 1 unspecified atom stereocenters. The van der Waals surface area contributed by atoms with E-state index in [0.717, 1.165) is 12.1 Å². The Morgan fingerprint density at radius 1 is 1.18 bits per heavy atom. The Kier molecular flexibility index (Phi) is 5.07. The molecule has 0 aliphatic heterocycles. The van der Waals surface area contributed by atoms with Crippen LogP contribution >= 0.6 is 23.2 Å². The molecule has 1 aromatic carbocycles. The summed E-state index contributed by atoms with van der Waals surface area (Å²) in [6.07, 6.45) is -4.24. The first-order valence-corrected chi connectivity index (χ1v) is 7.02. The summed E-state index contributed by atoms with van der Waals surface area (Å²) in [7, 11) is 0. The van der Waals surface area contributed by atoms with E-state index in [9.17, 15) is 13.2 Å². The van der Waals surface area contributed by atoms with Crippen LogP contribution < -0.4 is 5.73 Å². The minimum atomic E-state index is -4.54. The zero-order valence-electron chi connectivity index (χ0n) is 11.1. The van der Waals surface area contributed by atoms with Crippen LogP contribution in [0.4, 0.5) is 13.2 Å². The molecule has 0 saturated heterocycles. The van der Waals surface area contributed by atoms with Crippen molar-refractivity contribution in [3.63, 3.8) is 0 Å². The Labute approximate surface area is 134 Å². The van der Waals surface area contributed by atoms with Crippen molar-refractivity contribution in [1.82, 2.24) is 0 Å². The molecule has 0 aliphatic rings. The van der Waals surface area contributed by atoms with Crippen molar-refractivity contribution in [1.29, 1.82) is 0 Å². The van der Waals surface area contributed by atoms with Crippen molar-refractivity contribution < 1.29 is 22.7 Å². The number of aliphatic hydroxyl groups is 1. The summed E-state index contributed by atoms with van der Waals surface area (Å²) in [6.45, 7) is -0.112. The van der Waals surface area contributed by atoms with Gasteiger partial charge in [0.1, 0.15) is 11.5 Å². The molecular formula is C14H12Cl2F3NO2. The third-order valence-electron chi connectivity index (χ3n) is 3.05. The standard InChI is InChI=1S/C14H12Cl2F3NO2/c15-8-5-7(14(17,18)19)6-9(16)13(8)12-2-1-11(22-12)10(20)3-4-21/h1-2,5-6,10,21H,3-4,20H2. The first kappa shape index (κ1) is 17.1. The lowest BCUT2D eigenvalue weighted by atomic mass is 10.1. The van der Waals surface area contributed by atoms with Gasteiger partial charge in [-0.3, -0.25) is 0 Å². The van der Waals surface area contributed by atoms with Crippen molar-refractivity contribution in [3.8, 4) is 11.3 Å². The van der Waals surface area contributed by atoms with E-state index in [1.54, 1.807) is 6.07 Å². The van der Waals surface area contributed by atoms with E-state index in [-0.39, 0.29) is 28.0 Å². The molecule has 0 fully saturated rings. The summed E-state index contributed by atoms with van der Waals surface area (Å²) >= 11 is 11.8. The molecule has 0 aliphatic carbocycles. The topological polar surface area (TPSA) is 59.4 Å². The fourth-order valence-electron chi connectivity index (χ4n) is 1.94. The average molecular weight is 354 g/mol. The normalized spacial score (nSPS) is 13.4. The van der Waals surface area contributed by atoms with E-state index < -0.39 is 17.8 Å². The SMILES string of the molecule is NC(CCO)c1ccc(-c2c(Cl)cc(C(F)(F)F)cc2Cl)o1. The number of halogens is 5. The van der Waals surface area contributed by atoms with Crippen molar-refractivity contribution in [2.45, 2.75) is 18.6 Å². The van der Waals surface area contributed by atoms with Gasteiger partial charge < -0.3 is 15.3 Å². The van der Waals surface area contributed by atoms with Gasteiger partial charge in [-0.15, -0.1) is 0 Å². The van der Waals surface area contributed by atoms with Crippen molar-refractivity contribution in [2.24, 2.45) is 5.73 Å². The number of nitrogens with two attached hydrogens (primary N) is 1. The van der Waals surface area contributed by atoms with Crippen LogP contribution in [0.3, 0.4) is 0 Å². The van der Waals surface area contributed by atoms with Gasteiger partial charge in [0.15, 0.2) is 0 Å². The van der Waals surface area contributed by atoms with Gasteiger partial charge >= 0.3 is 6.18 Å². The van der Waals surface area contributed by atoms with E-state index >= 15 is 0 Å². The first-order chi connectivity index (χ1) is 10.2. The van der Waals surface area contributed by atoms with E-state index in [1.807, 2.05) is 0 Å². The monoisotopic (exact) mass is 353 g/mol. The minimum absolute atomic E-state index is 0.112.